The van der Waals surface area contributed by atoms with Crippen molar-refractivity contribution in [3.05, 3.63) is 12.2 Å². The molecular weight excluding hydrogens is 272 g/mol. The second-order valence-corrected chi connectivity index (χ2v) is 4.59. The van der Waals surface area contributed by atoms with E-state index in [1.54, 1.807) is 13.8 Å². The van der Waals surface area contributed by atoms with Crippen molar-refractivity contribution in [1.82, 2.24) is 0 Å². The summed E-state index contributed by atoms with van der Waals surface area (Å²) >= 11 is 0. The number of esters is 2. The quantitative estimate of drug-likeness (QED) is 0.193. The topological polar surface area (TPSA) is 69.7 Å². The van der Waals surface area contributed by atoms with Crippen LogP contribution in [0.2, 0.25) is 0 Å². The van der Waals surface area contributed by atoms with Gasteiger partial charge in [0.2, 0.25) is 0 Å². The highest BCUT2D eigenvalue weighted by Gasteiger charge is 2.36. The molecule has 0 amide bonds. The van der Waals surface area contributed by atoms with Crippen LogP contribution in [0.25, 0.3) is 0 Å². The van der Waals surface area contributed by atoms with Crippen molar-refractivity contribution in [3.8, 4) is 0 Å². The molecule has 5 nitrogen and oxygen atoms in total. The molecule has 0 N–H and O–H groups in total. The Bertz CT molecular complexity index is 331. The summed E-state index contributed by atoms with van der Waals surface area (Å²) in [4.78, 5) is 35.0. The predicted molar refractivity (Wildman–Crippen MR) is 79.6 cm³/mol. The van der Waals surface area contributed by atoms with Gasteiger partial charge in [0.1, 0.15) is 6.29 Å². The first kappa shape index (κ1) is 19.4. The zero-order chi connectivity index (χ0) is 16.1. The Labute approximate surface area is 126 Å². The molecule has 0 spiro atoms. The molecule has 120 valence electrons. The molecule has 0 fully saturated rings. The van der Waals surface area contributed by atoms with Crippen LogP contribution in [0.5, 0.6) is 0 Å². The molecule has 1 atom stereocenters. The van der Waals surface area contributed by atoms with Crippen LogP contribution in [0.1, 0.15) is 46.5 Å². The van der Waals surface area contributed by atoms with Gasteiger partial charge in [-0.2, -0.15) is 0 Å². The lowest BCUT2D eigenvalue weighted by Crippen LogP contribution is -2.35. The van der Waals surface area contributed by atoms with Crippen LogP contribution in [0.15, 0.2) is 12.2 Å². The highest BCUT2D eigenvalue weighted by Crippen LogP contribution is 2.20. The summed E-state index contributed by atoms with van der Waals surface area (Å²) < 4.78 is 9.77. The van der Waals surface area contributed by atoms with E-state index in [1.807, 2.05) is 19.1 Å². The average molecular weight is 298 g/mol. The Balaban J connectivity index is 4.73. The third-order valence-electron chi connectivity index (χ3n) is 2.99. The van der Waals surface area contributed by atoms with Gasteiger partial charge in [0.15, 0.2) is 5.92 Å². The Morgan fingerprint density at radius 2 is 1.57 bits per heavy atom. The number of ether oxygens (including phenoxy) is 2. The smallest absolute Gasteiger partial charge is 0.321 e. The van der Waals surface area contributed by atoms with Gasteiger partial charge in [-0.15, -0.1) is 0 Å². The van der Waals surface area contributed by atoms with E-state index in [2.05, 4.69) is 0 Å². The standard InChI is InChI=1S/C16H26O5/c1-4-7-8-9-10-11-13(12-17)14(15(18)20-5-2)16(19)21-6-3/h7-8,12-14H,4-6,9-11H2,1-3H3/b8-7-/t13-/m0/s1. The fourth-order valence-electron chi connectivity index (χ4n) is 1.98. The second-order valence-electron chi connectivity index (χ2n) is 4.59. The molecule has 0 radical (unpaired) electrons. The van der Waals surface area contributed by atoms with E-state index in [0.29, 0.717) is 12.7 Å². The van der Waals surface area contributed by atoms with E-state index < -0.39 is 23.8 Å². The van der Waals surface area contributed by atoms with Gasteiger partial charge in [0.05, 0.1) is 13.2 Å². The van der Waals surface area contributed by atoms with Gasteiger partial charge in [-0.3, -0.25) is 9.59 Å². The third-order valence-corrected chi connectivity index (χ3v) is 2.99. The van der Waals surface area contributed by atoms with Gasteiger partial charge in [-0.05, 0) is 39.5 Å². The van der Waals surface area contributed by atoms with E-state index in [1.165, 1.54) is 0 Å². The molecule has 0 bridgehead atoms. The number of aldehydes is 1. The van der Waals surface area contributed by atoms with E-state index >= 15 is 0 Å². The molecule has 0 aromatic rings. The number of rotatable bonds is 11. The summed E-state index contributed by atoms with van der Waals surface area (Å²) in [5.41, 5.74) is 0. The second kappa shape index (κ2) is 12.1. The van der Waals surface area contributed by atoms with Crippen molar-refractivity contribution in [2.24, 2.45) is 11.8 Å². The van der Waals surface area contributed by atoms with Crippen LogP contribution in [-0.2, 0) is 23.9 Å². The van der Waals surface area contributed by atoms with Crippen molar-refractivity contribution >= 4 is 18.2 Å². The van der Waals surface area contributed by atoms with Crippen LogP contribution in [0.3, 0.4) is 0 Å². The van der Waals surface area contributed by atoms with Crippen molar-refractivity contribution < 1.29 is 23.9 Å². The molecule has 0 rings (SSSR count). The fraction of sp³-hybridized carbons (Fsp3) is 0.688. The van der Waals surface area contributed by atoms with Crippen molar-refractivity contribution in [2.45, 2.75) is 46.5 Å². The summed E-state index contributed by atoms with van der Waals surface area (Å²) in [6, 6.07) is 0. The van der Waals surface area contributed by atoms with Crippen LogP contribution in [-0.4, -0.2) is 31.4 Å². The van der Waals surface area contributed by atoms with E-state index in [4.69, 9.17) is 9.47 Å². The lowest BCUT2D eigenvalue weighted by molar-refractivity contribution is -0.165. The maximum Gasteiger partial charge on any atom is 0.321 e. The number of unbranched alkanes of at least 4 members (excludes halogenated alkanes) is 1. The molecule has 0 aliphatic carbocycles. The Kier molecular flexibility index (Phi) is 11.2. The summed E-state index contributed by atoms with van der Waals surface area (Å²) in [6.07, 6.45) is 7.70. The molecule has 0 saturated heterocycles. The van der Waals surface area contributed by atoms with Crippen molar-refractivity contribution in [3.63, 3.8) is 0 Å². The van der Waals surface area contributed by atoms with E-state index in [0.717, 1.165) is 19.3 Å². The van der Waals surface area contributed by atoms with Crippen molar-refractivity contribution in [2.75, 3.05) is 13.2 Å². The molecule has 0 saturated carbocycles. The number of hydrogen-bond acceptors (Lipinski definition) is 5. The minimum atomic E-state index is -1.16. The summed E-state index contributed by atoms with van der Waals surface area (Å²) in [6.45, 7) is 5.69. The van der Waals surface area contributed by atoms with Gasteiger partial charge in [-0.1, -0.05) is 19.1 Å². The van der Waals surface area contributed by atoms with Crippen LogP contribution < -0.4 is 0 Å². The predicted octanol–water partition coefficient (Wildman–Crippen LogP) is 2.68. The van der Waals surface area contributed by atoms with Crippen LogP contribution in [0.4, 0.5) is 0 Å². The Morgan fingerprint density at radius 1 is 1.00 bits per heavy atom. The Morgan fingerprint density at radius 3 is 2.00 bits per heavy atom. The van der Waals surface area contributed by atoms with Gasteiger partial charge in [-0.25, -0.2) is 0 Å². The lowest BCUT2D eigenvalue weighted by Gasteiger charge is -2.19. The highest BCUT2D eigenvalue weighted by atomic mass is 16.6. The summed E-state index contributed by atoms with van der Waals surface area (Å²) in [5, 5.41) is 0. The number of hydrogen-bond donors (Lipinski definition) is 0. The van der Waals surface area contributed by atoms with Gasteiger partial charge in [0, 0.05) is 5.92 Å². The average Bonchev–Trinajstić information content (AvgIpc) is 2.46. The van der Waals surface area contributed by atoms with E-state index in [9.17, 15) is 14.4 Å². The lowest BCUT2D eigenvalue weighted by atomic mass is 9.89. The molecule has 0 aromatic heterocycles. The Hall–Kier alpha value is -1.65. The van der Waals surface area contributed by atoms with Gasteiger partial charge in [0.25, 0.3) is 0 Å². The number of carbonyl (C=O) groups excluding carboxylic acids is 3. The maximum atomic E-state index is 11.9. The van der Waals surface area contributed by atoms with Gasteiger partial charge < -0.3 is 14.3 Å². The molecular formula is C16H26O5. The largest absolute Gasteiger partial charge is 0.465 e. The summed E-state index contributed by atoms with van der Waals surface area (Å²) in [5.74, 6) is -3.22. The van der Waals surface area contributed by atoms with Gasteiger partial charge >= 0.3 is 11.9 Å². The normalized spacial score (nSPS) is 12.4. The number of allylic oxidation sites excluding steroid dienone is 2. The monoisotopic (exact) mass is 298 g/mol. The minimum absolute atomic E-state index is 0.166. The fourth-order valence-corrected chi connectivity index (χ4v) is 1.98. The number of carbonyl (C=O) groups is 3. The highest BCUT2D eigenvalue weighted by molar-refractivity contribution is 5.97. The molecule has 0 aromatic carbocycles. The molecule has 5 heteroatoms. The zero-order valence-electron chi connectivity index (χ0n) is 13.2. The van der Waals surface area contributed by atoms with Crippen LogP contribution >= 0.6 is 0 Å². The van der Waals surface area contributed by atoms with Crippen molar-refractivity contribution in [1.29, 1.82) is 0 Å². The zero-order valence-corrected chi connectivity index (χ0v) is 13.2. The van der Waals surface area contributed by atoms with E-state index in [-0.39, 0.29) is 13.2 Å². The molecule has 0 heterocycles. The minimum Gasteiger partial charge on any atom is -0.465 e. The maximum absolute atomic E-state index is 11.9. The molecule has 0 aliphatic rings. The molecule has 0 unspecified atom stereocenters. The summed E-state index contributed by atoms with van der Waals surface area (Å²) in [7, 11) is 0. The first-order valence-corrected chi connectivity index (χ1v) is 7.55. The molecule has 0 aliphatic heterocycles. The first-order valence-electron chi connectivity index (χ1n) is 7.55. The first-order chi connectivity index (χ1) is 10.1. The van der Waals surface area contributed by atoms with Crippen LogP contribution in [0, 0.1) is 11.8 Å². The molecule has 21 heavy (non-hydrogen) atoms. The third kappa shape index (κ3) is 7.63. The SMILES string of the molecule is CC/C=C\CCC[C@@H](C=O)C(C(=O)OCC)C(=O)OCC.